The molecule has 0 amide bonds. The lowest BCUT2D eigenvalue weighted by Gasteiger charge is -1.99. The maximum Gasteiger partial charge on any atom is 0.348 e. The van der Waals surface area contributed by atoms with Crippen LogP contribution in [0, 0.1) is 0 Å². The van der Waals surface area contributed by atoms with E-state index in [0.717, 1.165) is 22.7 Å². The molecule has 0 radical (unpaired) electrons. The standard InChI is InChI=1S/C17H15NO2S3/c1-20-16(19)14-9-12(10-22-14)15-18-13(17(21-2)23-15)8-11-6-4-3-5-7-11/h3-7,9-10H,8H2,1-2H3. The summed E-state index contributed by atoms with van der Waals surface area (Å²) in [5.74, 6) is -0.299. The first-order valence-electron chi connectivity index (χ1n) is 6.96. The van der Waals surface area contributed by atoms with Crippen molar-refractivity contribution >= 4 is 40.4 Å². The summed E-state index contributed by atoms with van der Waals surface area (Å²) in [5, 5.41) is 2.91. The number of carbonyl (C=O) groups is 1. The highest BCUT2D eigenvalue weighted by Gasteiger charge is 2.16. The van der Waals surface area contributed by atoms with Gasteiger partial charge in [-0.05, 0) is 17.9 Å². The third-order valence-corrected chi connectivity index (χ3v) is 6.50. The van der Waals surface area contributed by atoms with E-state index in [1.165, 1.54) is 28.2 Å². The quantitative estimate of drug-likeness (QED) is 0.475. The van der Waals surface area contributed by atoms with Gasteiger partial charge in [-0.2, -0.15) is 0 Å². The first-order valence-corrected chi connectivity index (χ1v) is 9.88. The van der Waals surface area contributed by atoms with E-state index >= 15 is 0 Å². The van der Waals surface area contributed by atoms with Crippen molar-refractivity contribution in [2.75, 3.05) is 13.4 Å². The van der Waals surface area contributed by atoms with Gasteiger partial charge in [-0.25, -0.2) is 9.78 Å². The summed E-state index contributed by atoms with van der Waals surface area (Å²) in [6, 6.07) is 12.2. The number of esters is 1. The van der Waals surface area contributed by atoms with Crippen LogP contribution in [0.2, 0.25) is 0 Å². The largest absolute Gasteiger partial charge is 0.465 e. The van der Waals surface area contributed by atoms with Crippen LogP contribution in [-0.2, 0) is 11.2 Å². The number of carbonyl (C=O) groups excluding carboxylic acids is 1. The Hall–Kier alpha value is -1.63. The lowest BCUT2D eigenvalue weighted by atomic mass is 10.1. The summed E-state index contributed by atoms with van der Waals surface area (Å²) in [5.41, 5.74) is 3.32. The molecule has 3 aromatic rings. The first-order chi connectivity index (χ1) is 11.2. The number of ether oxygens (including phenoxy) is 1. The van der Waals surface area contributed by atoms with Crippen LogP contribution in [0.25, 0.3) is 10.6 Å². The minimum atomic E-state index is -0.299. The highest BCUT2D eigenvalue weighted by molar-refractivity contribution is 8.00. The van der Waals surface area contributed by atoms with E-state index in [9.17, 15) is 4.79 Å². The van der Waals surface area contributed by atoms with Gasteiger partial charge in [-0.1, -0.05) is 30.3 Å². The van der Waals surface area contributed by atoms with Crippen molar-refractivity contribution in [3.8, 4) is 10.6 Å². The Labute approximate surface area is 147 Å². The summed E-state index contributed by atoms with van der Waals surface area (Å²) in [4.78, 5) is 17.0. The molecule has 0 aliphatic carbocycles. The molecule has 2 aromatic heterocycles. The molecule has 0 spiro atoms. The second kappa shape index (κ2) is 7.29. The number of thiazole rings is 1. The third kappa shape index (κ3) is 3.65. The number of methoxy groups -OCH3 is 1. The number of benzene rings is 1. The molecule has 0 unspecified atom stereocenters. The number of thiophene rings is 1. The molecule has 23 heavy (non-hydrogen) atoms. The third-order valence-electron chi connectivity index (χ3n) is 3.29. The summed E-state index contributed by atoms with van der Waals surface area (Å²) < 4.78 is 5.98. The van der Waals surface area contributed by atoms with Gasteiger partial charge in [-0.3, -0.25) is 0 Å². The van der Waals surface area contributed by atoms with Crippen LogP contribution in [0.15, 0.2) is 46.0 Å². The lowest BCUT2D eigenvalue weighted by Crippen LogP contribution is -1.96. The molecule has 6 heteroatoms. The van der Waals surface area contributed by atoms with E-state index in [1.54, 1.807) is 23.1 Å². The molecule has 118 valence electrons. The second-order valence-electron chi connectivity index (χ2n) is 4.81. The van der Waals surface area contributed by atoms with Gasteiger partial charge < -0.3 is 4.74 Å². The van der Waals surface area contributed by atoms with E-state index < -0.39 is 0 Å². The van der Waals surface area contributed by atoms with Crippen molar-refractivity contribution in [2.24, 2.45) is 0 Å². The van der Waals surface area contributed by atoms with Crippen LogP contribution >= 0.6 is 34.4 Å². The molecule has 0 atom stereocenters. The Morgan fingerprint density at radius 3 is 2.78 bits per heavy atom. The summed E-state index contributed by atoms with van der Waals surface area (Å²) >= 11 is 4.78. The normalized spacial score (nSPS) is 10.7. The number of nitrogens with zero attached hydrogens (tertiary/aromatic N) is 1. The van der Waals surface area contributed by atoms with Crippen LogP contribution in [0.4, 0.5) is 0 Å². The van der Waals surface area contributed by atoms with Crippen LogP contribution in [0.3, 0.4) is 0 Å². The highest BCUT2D eigenvalue weighted by atomic mass is 32.2. The predicted octanol–water partition coefficient (Wildman–Crippen LogP) is 4.97. The molecule has 0 saturated carbocycles. The number of aromatic nitrogens is 1. The minimum absolute atomic E-state index is 0.299. The van der Waals surface area contributed by atoms with E-state index in [0.29, 0.717) is 4.88 Å². The molecule has 0 fully saturated rings. The van der Waals surface area contributed by atoms with E-state index in [1.807, 2.05) is 29.6 Å². The monoisotopic (exact) mass is 361 g/mol. The number of thioether (sulfide) groups is 1. The van der Waals surface area contributed by atoms with Crippen LogP contribution in [0.5, 0.6) is 0 Å². The minimum Gasteiger partial charge on any atom is -0.465 e. The second-order valence-corrected chi connectivity index (χ2v) is 7.80. The summed E-state index contributed by atoms with van der Waals surface area (Å²) in [6.45, 7) is 0. The van der Waals surface area contributed by atoms with Crippen molar-refractivity contribution in [1.82, 2.24) is 4.98 Å². The zero-order valence-electron chi connectivity index (χ0n) is 12.7. The van der Waals surface area contributed by atoms with Gasteiger partial charge in [-0.15, -0.1) is 34.4 Å². The van der Waals surface area contributed by atoms with E-state index in [2.05, 4.69) is 18.4 Å². The molecular formula is C17H15NO2S3. The van der Waals surface area contributed by atoms with E-state index in [4.69, 9.17) is 9.72 Å². The average Bonchev–Trinajstić information content (AvgIpc) is 3.22. The number of rotatable bonds is 5. The van der Waals surface area contributed by atoms with Gasteiger partial charge in [0.25, 0.3) is 0 Å². The van der Waals surface area contributed by atoms with Gasteiger partial charge in [0.15, 0.2) is 0 Å². The first kappa shape index (κ1) is 16.2. The SMILES string of the molecule is COC(=O)c1cc(-c2nc(Cc3ccccc3)c(SC)s2)cs1. The fourth-order valence-electron chi connectivity index (χ4n) is 2.18. The molecule has 3 rings (SSSR count). The topological polar surface area (TPSA) is 39.2 Å². The highest BCUT2D eigenvalue weighted by Crippen LogP contribution is 2.36. The Balaban J connectivity index is 1.89. The average molecular weight is 362 g/mol. The Kier molecular flexibility index (Phi) is 5.15. The molecule has 0 aliphatic rings. The molecule has 1 aromatic carbocycles. The van der Waals surface area contributed by atoms with Gasteiger partial charge in [0.2, 0.25) is 0 Å². The van der Waals surface area contributed by atoms with Crippen molar-refractivity contribution in [3.05, 3.63) is 57.9 Å². The van der Waals surface area contributed by atoms with Gasteiger partial charge in [0.05, 0.1) is 17.0 Å². The molecule has 0 bridgehead atoms. The summed E-state index contributed by atoms with van der Waals surface area (Å²) in [6.07, 6.45) is 2.89. The van der Waals surface area contributed by atoms with Crippen LogP contribution in [-0.4, -0.2) is 24.3 Å². The van der Waals surface area contributed by atoms with E-state index in [-0.39, 0.29) is 5.97 Å². The lowest BCUT2D eigenvalue weighted by molar-refractivity contribution is 0.0606. The Morgan fingerprint density at radius 1 is 1.30 bits per heavy atom. The molecule has 2 heterocycles. The smallest absolute Gasteiger partial charge is 0.348 e. The maximum atomic E-state index is 11.6. The van der Waals surface area contributed by atoms with Gasteiger partial charge >= 0.3 is 5.97 Å². The van der Waals surface area contributed by atoms with Gasteiger partial charge in [0, 0.05) is 17.4 Å². The van der Waals surface area contributed by atoms with Crippen molar-refractivity contribution in [2.45, 2.75) is 10.6 Å². The fraction of sp³-hybridized carbons (Fsp3) is 0.176. The number of hydrogen-bond acceptors (Lipinski definition) is 6. The molecule has 0 saturated heterocycles. The zero-order chi connectivity index (χ0) is 16.2. The van der Waals surface area contributed by atoms with Crippen LogP contribution < -0.4 is 0 Å². The van der Waals surface area contributed by atoms with Gasteiger partial charge in [0.1, 0.15) is 9.88 Å². The zero-order valence-corrected chi connectivity index (χ0v) is 15.2. The Bertz CT molecular complexity index is 808. The maximum absolute atomic E-state index is 11.6. The summed E-state index contributed by atoms with van der Waals surface area (Å²) in [7, 11) is 1.40. The molecular weight excluding hydrogens is 346 g/mol. The number of hydrogen-bond donors (Lipinski definition) is 0. The van der Waals surface area contributed by atoms with Crippen molar-refractivity contribution in [1.29, 1.82) is 0 Å². The predicted molar refractivity (Wildman–Crippen MR) is 97.8 cm³/mol. The van der Waals surface area contributed by atoms with Crippen molar-refractivity contribution < 1.29 is 9.53 Å². The fourth-order valence-corrected chi connectivity index (χ4v) is 4.79. The molecule has 3 nitrogen and oxygen atoms in total. The van der Waals surface area contributed by atoms with Crippen LogP contribution in [0.1, 0.15) is 20.9 Å². The Morgan fingerprint density at radius 2 is 2.09 bits per heavy atom. The van der Waals surface area contributed by atoms with Crippen molar-refractivity contribution in [3.63, 3.8) is 0 Å². The molecule has 0 aliphatic heterocycles. The molecule has 0 N–H and O–H groups in total.